The van der Waals surface area contributed by atoms with E-state index in [1.165, 1.54) is 0 Å². The fraction of sp³-hybridized carbons (Fsp3) is 0.533. The van der Waals surface area contributed by atoms with Crippen LogP contribution in [-0.4, -0.2) is 11.1 Å². The molecule has 1 saturated carbocycles. The summed E-state index contributed by atoms with van der Waals surface area (Å²) in [6.45, 7) is 2.13. The Morgan fingerprint density at radius 2 is 2.12 bits per heavy atom. The van der Waals surface area contributed by atoms with Crippen LogP contribution in [0.25, 0.3) is 0 Å². The molecule has 1 aromatic rings. The third kappa shape index (κ3) is 1.97. The van der Waals surface area contributed by atoms with Gasteiger partial charge in [-0.15, -0.1) is 0 Å². The summed E-state index contributed by atoms with van der Waals surface area (Å²) < 4.78 is 0. The highest BCUT2D eigenvalue weighted by molar-refractivity contribution is 5.82. The van der Waals surface area contributed by atoms with E-state index in [0.29, 0.717) is 5.92 Å². The zero-order chi connectivity index (χ0) is 12.3. The summed E-state index contributed by atoms with van der Waals surface area (Å²) in [6, 6.07) is 9.79. The molecule has 0 spiro atoms. The highest BCUT2D eigenvalue weighted by Gasteiger charge is 2.49. The zero-order valence-corrected chi connectivity index (χ0v) is 10.4. The fourth-order valence-electron chi connectivity index (χ4n) is 3.34. The van der Waals surface area contributed by atoms with E-state index >= 15 is 0 Å². The van der Waals surface area contributed by atoms with Crippen molar-refractivity contribution >= 4 is 5.97 Å². The molecule has 0 amide bonds. The van der Waals surface area contributed by atoms with Gasteiger partial charge in [0.1, 0.15) is 0 Å². The maximum absolute atomic E-state index is 11.8. The SMILES string of the molecule is CCCC1CCCC1(C(=O)O)c1ccccc1. The average Bonchev–Trinajstić information content (AvgIpc) is 2.75. The predicted molar refractivity (Wildman–Crippen MR) is 68.0 cm³/mol. The van der Waals surface area contributed by atoms with E-state index in [2.05, 4.69) is 6.92 Å². The van der Waals surface area contributed by atoms with Gasteiger partial charge in [-0.05, 0) is 30.7 Å². The Bertz CT molecular complexity index is 385. The summed E-state index contributed by atoms with van der Waals surface area (Å²) >= 11 is 0. The van der Waals surface area contributed by atoms with Crippen LogP contribution >= 0.6 is 0 Å². The maximum atomic E-state index is 11.8. The molecule has 1 fully saturated rings. The first-order valence-corrected chi connectivity index (χ1v) is 6.50. The van der Waals surface area contributed by atoms with Crippen LogP contribution in [-0.2, 0) is 10.2 Å². The topological polar surface area (TPSA) is 37.3 Å². The van der Waals surface area contributed by atoms with Gasteiger partial charge >= 0.3 is 5.97 Å². The summed E-state index contributed by atoms with van der Waals surface area (Å²) in [6.07, 6.45) is 4.95. The number of carbonyl (C=O) groups is 1. The number of hydrogen-bond acceptors (Lipinski definition) is 1. The van der Waals surface area contributed by atoms with E-state index in [1.54, 1.807) is 0 Å². The highest BCUT2D eigenvalue weighted by Crippen LogP contribution is 2.47. The molecule has 0 saturated heterocycles. The minimum atomic E-state index is -0.639. The van der Waals surface area contributed by atoms with Gasteiger partial charge in [0.25, 0.3) is 0 Å². The molecule has 0 radical (unpaired) electrons. The van der Waals surface area contributed by atoms with Crippen molar-refractivity contribution in [2.45, 2.75) is 44.4 Å². The molecule has 1 aliphatic rings. The van der Waals surface area contributed by atoms with Crippen molar-refractivity contribution in [1.82, 2.24) is 0 Å². The number of rotatable bonds is 4. The third-order valence-electron chi connectivity index (χ3n) is 4.13. The normalized spacial score (nSPS) is 28.2. The van der Waals surface area contributed by atoms with E-state index in [4.69, 9.17) is 0 Å². The third-order valence-corrected chi connectivity index (χ3v) is 4.13. The largest absolute Gasteiger partial charge is 0.481 e. The lowest BCUT2D eigenvalue weighted by Crippen LogP contribution is -2.39. The molecule has 17 heavy (non-hydrogen) atoms. The van der Waals surface area contributed by atoms with Gasteiger partial charge in [-0.1, -0.05) is 50.1 Å². The summed E-state index contributed by atoms with van der Waals surface area (Å²) in [4.78, 5) is 11.8. The molecule has 0 aromatic heterocycles. The summed E-state index contributed by atoms with van der Waals surface area (Å²) in [5.41, 5.74) is 0.362. The molecule has 92 valence electrons. The molecular formula is C15H20O2. The van der Waals surface area contributed by atoms with Gasteiger partial charge in [0.05, 0.1) is 5.41 Å². The molecule has 2 atom stereocenters. The minimum absolute atomic E-state index is 0.299. The van der Waals surface area contributed by atoms with Crippen LogP contribution in [0.3, 0.4) is 0 Å². The van der Waals surface area contributed by atoms with Crippen LogP contribution < -0.4 is 0 Å². The summed E-state index contributed by atoms with van der Waals surface area (Å²) in [5.74, 6) is -0.341. The van der Waals surface area contributed by atoms with Crippen LogP contribution in [0.4, 0.5) is 0 Å². The van der Waals surface area contributed by atoms with Gasteiger partial charge in [-0.2, -0.15) is 0 Å². The van der Waals surface area contributed by atoms with Crippen molar-refractivity contribution in [3.8, 4) is 0 Å². The van der Waals surface area contributed by atoms with E-state index in [1.807, 2.05) is 30.3 Å². The first kappa shape index (κ1) is 12.2. The molecule has 1 aromatic carbocycles. The predicted octanol–water partition coefficient (Wildman–Crippen LogP) is 3.61. The number of benzene rings is 1. The Morgan fingerprint density at radius 3 is 2.71 bits per heavy atom. The van der Waals surface area contributed by atoms with Crippen LogP contribution in [0.5, 0.6) is 0 Å². The Kier molecular flexibility index (Phi) is 3.51. The van der Waals surface area contributed by atoms with Crippen molar-refractivity contribution < 1.29 is 9.90 Å². The van der Waals surface area contributed by atoms with Gasteiger partial charge in [-0.25, -0.2) is 0 Å². The number of carboxylic acid groups (broad SMARTS) is 1. The first-order chi connectivity index (χ1) is 8.21. The van der Waals surface area contributed by atoms with Crippen LogP contribution in [0.1, 0.15) is 44.6 Å². The average molecular weight is 232 g/mol. The maximum Gasteiger partial charge on any atom is 0.314 e. The van der Waals surface area contributed by atoms with Gasteiger partial charge < -0.3 is 5.11 Å². The van der Waals surface area contributed by atoms with Crippen LogP contribution in [0.2, 0.25) is 0 Å². The van der Waals surface area contributed by atoms with E-state index in [-0.39, 0.29) is 0 Å². The number of carboxylic acids is 1. The molecule has 1 aliphatic carbocycles. The Morgan fingerprint density at radius 1 is 1.41 bits per heavy atom. The highest BCUT2D eigenvalue weighted by atomic mass is 16.4. The Balaban J connectivity index is 2.42. The first-order valence-electron chi connectivity index (χ1n) is 6.50. The lowest BCUT2D eigenvalue weighted by molar-refractivity contribution is -0.145. The lowest BCUT2D eigenvalue weighted by atomic mass is 9.70. The number of hydrogen-bond donors (Lipinski definition) is 1. The van der Waals surface area contributed by atoms with Gasteiger partial charge in [-0.3, -0.25) is 4.79 Å². The quantitative estimate of drug-likeness (QED) is 0.861. The molecule has 2 nitrogen and oxygen atoms in total. The summed E-state index contributed by atoms with van der Waals surface area (Å²) in [7, 11) is 0. The molecule has 2 rings (SSSR count). The van der Waals surface area contributed by atoms with Crippen LogP contribution in [0, 0.1) is 5.92 Å². The van der Waals surface area contributed by atoms with Gasteiger partial charge in [0, 0.05) is 0 Å². The summed E-state index contributed by atoms with van der Waals surface area (Å²) in [5, 5.41) is 9.71. The van der Waals surface area contributed by atoms with Crippen molar-refractivity contribution in [2.24, 2.45) is 5.92 Å². The monoisotopic (exact) mass is 232 g/mol. The van der Waals surface area contributed by atoms with E-state index < -0.39 is 11.4 Å². The molecule has 0 aliphatic heterocycles. The van der Waals surface area contributed by atoms with E-state index in [9.17, 15) is 9.90 Å². The van der Waals surface area contributed by atoms with Gasteiger partial charge in [0.15, 0.2) is 0 Å². The second kappa shape index (κ2) is 4.91. The zero-order valence-electron chi connectivity index (χ0n) is 10.4. The smallest absolute Gasteiger partial charge is 0.314 e. The van der Waals surface area contributed by atoms with Crippen molar-refractivity contribution in [3.05, 3.63) is 35.9 Å². The second-order valence-corrected chi connectivity index (χ2v) is 5.02. The molecule has 0 bridgehead atoms. The molecule has 2 heteroatoms. The Hall–Kier alpha value is -1.31. The van der Waals surface area contributed by atoms with E-state index in [0.717, 1.165) is 37.7 Å². The van der Waals surface area contributed by atoms with Crippen molar-refractivity contribution in [2.75, 3.05) is 0 Å². The molecule has 0 heterocycles. The minimum Gasteiger partial charge on any atom is -0.481 e. The molecule has 1 N–H and O–H groups in total. The van der Waals surface area contributed by atoms with Crippen molar-refractivity contribution in [3.63, 3.8) is 0 Å². The van der Waals surface area contributed by atoms with Crippen LogP contribution in [0.15, 0.2) is 30.3 Å². The fourth-order valence-corrected chi connectivity index (χ4v) is 3.34. The number of aliphatic carboxylic acids is 1. The Labute approximate surface area is 103 Å². The standard InChI is InChI=1S/C15H20O2/c1-2-7-12-10-6-11-15(12,14(16)17)13-8-4-3-5-9-13/h3-5,8-9,12H,2,6-7,10-11H2,1H3,(H,16,17). The molecule has 2 unspecified atom stereocenters. The lowest BCUT2D eigenvalue weighted by Gasteiger charge is -2.31. The van der Waals surface area contributed by atoms with Gasteiger partial charge in [0.2, 0.25) is 0 Å². The van der Waals surface area contributed by atoms with Crippen molar-refractivity contribution in [1.29, 1.82) is 0 Å². The molecular weight excluding hydrogens is 212 g/mol. The second-order valence-electron chi connectivity index (χ2n) is 5.02.